The van der Waals surface area contributed by atoms with Crippen LogP contribution in [0.25, 0.3) is 10.9 Å². The number of piperazine rings is 1. The van der Waals surface area contributed by atoms with Gasteiger partial charge in [-0.05, 0) is 23.6 Å². The van der Waals surface area contributed by atoms with E-state index >= 15 is 0 Å². The Bertz CT molecular complexity index is 1080. The van der Waals surface area contributed by atoms with Crippen molar-refractivity contribution in [3.05, 3.63) is 71.9 Å². The Kier molecular flexibility index (Phi) is 5.69. The van der Waals surface area contributed by atoms with Crippen LogP contribution in [0.5, 0.6) is 0 Å². The molecular weight excluding hydrogens is 386 g/mol. The van der Waals surface area contributed by atoms with Crippen LogP contribution in [0.2, 0.25) is 0 Å². The van der Waals surface area contributed by atoms with Gasteiger partial charge in [-0.15, -0.1) is 0 Å². The van der Waals surface area contributed by atoms with Crippen molar-refractivity contribution in [2.45, 2.75) is 18.6 Å². The number of carbonyl (C=O) groups is 1. The van der Waals surface area contributed by atoms with Crippen molar-refractivity contribution in [3.8, 4) is 0 Å². The molecule has 7 heteroatoms. The van der Waals surface area contributed by atoms with E-state index in [1.807, 2.05) is 54.7 Å². The summed E-state index contributed by atoms with van der Waals surface area (Å²) >= 11 is 0. The van der Waals surface area contributed by atoms with Crippen LogP contribution in [0.15, 0.2) is 60.8 Å². The van der Waals surface area contributed by atoms with E-state index in [2.05, 4.69) is 11.1 Å². The molecule has 0 bridgehead atoms. The Hall–Kier alpha value is -2.64. The molecule has 3 aromatic rings. The summed E-state index contributed by atoms with van der Waals surface area (Å²) in [5.74, 6) is 0.0814. The van der Waals surface area contributed by atoms with Gasteiger partial charge in [0, 0.05) is 49.7 Å². The van der Waals surface area contributed by atoms with Crippen molar-refractivity contribution in [2.24, 2.45) is 0 Å². The number of amides is 1. The van der Waals surface area contributed by atoms with Gasteiger partial charge in [0.05, 0.1) is 5.75 Å². The molecule has 1 aliphatic rings. The van der Waals surface area contributed by atoms with Gasteiger partial charge in [0.1, 0.15) is 0 Å². The number of hydrogen-bond donors (Lipinski definition) is 1. The molecule has 2 heterocycles. The predicted octanol–water partition coefficient (Wildman–Crippen LogP) is 2.77. The maximum atomic E-state index is 12.7. The third-order valence-corrected chi connectivity index (χ3v) is 7.31. The number of nitrogens with one attached hydrogen (secondary N) is 1. The molecule has 29 heavy (non-hydrogen) atoms. The molecule has 1 aromatic heterocycles. The number of aryl methyl sites for hydroxylation is 1. The van der Waals surface area contributed by atoms with Crippen LogP contribution in [0.4, 0.5) is 0 Å². The molecule has 1 aliphatic heterocycles. The normalized spacial score (nSPS) is 15.7. The predicted molar refractivity (Wildman–Crippen MR) is 114 cm³/mol. The Morgan fingerprint density at radius 2 is 1.62 bits per heavy atom. The lowest BCUT2D eigenvalue weighted by molar-refractivity contribution is -0.132. The van der Waals surface area contributed by atoms with Gasteiger partial charge in [0.25, 0.3) is 0 Å². The first-order chi connectivity index (χ1) is 14.0. The van der Waals surface area contributed by atoms with Crippen molar-refractivity contribution in [1.82, 2.24) is 14.2 Å². The van der Waals surface area contributed by atoms with E-state index in [1.54, 1.807) is 4.90 Å². The Morgan fingerprint density at radius 3 is 2.38 bits per heavy atom. The zero-order chi connectivity index (χ0) is 20.3. The Labute approximate surface area is 171 Å². The van der Waals surface area contributed by atoms with Crippen LogP contribution in [0.1, 0.15) is 17.5 Å². The Balaban J connectivity index is 1.30. The highest BCUT2D eigenvalue weighted by atomic mass is 32.2. The van der Waals surface area contributed by atoms with Crippen molar-refractivity contribution in [1.29, 1.82) is 0 Å². The van der Waals surface area contributed by atoms with Gasteiger partial charge >= 0.3 is 0 Å². The molecule has 0 atom stereocenters. The monoisotopic (exact) mass is 411 g/mol. The number of rotatable bonds is 6. The molecule has 1 N–H and O–H groups in total. The van der Waals surface area contributed by atoms with Gasteiger partial charge in [-0.3, -0.25) is 4.79 Å². The maximum absolute atomic E-state index is 12.7. The molecule has 0 aliphatic carbocycles. The molecular formula is C22H25N3O3S. The maximum Gasteiger partial charge on any atom is 0.222 e. The fraction of sp³-hybridized carbons (Fsp3) is 0.318. The third-order valence-electron chi connectivity index (χ3n) is 5.46. The van der Waals surface area contributed by atoms with Crippen LogP contribution in [0.3, 0.4) is 0 Å². The number of carbonyl (C=O) groups excluding carboxylic acids is 1. The standard InChI is InChI=1S/C22H25N3O3S/c26-22(11-10-19-16-23-21-9-5-4-8-20(19)21)24-12-14-25(15-13-24)29(27,28)17-18-6-2-1-3-7-18/h1-9,16,23H,10-15,17H2. The summed E-state index contributed by atoms with van der Waals surface area (Å²) in [7, 11) is -3.37. The van der Waals surface area contributed by atoms with Crippen LogP contribution >= 0.6 is 0 Å². The van der Waals surface area contributed by atoms with E-state index in [0.717, 1.165) is 22.0 Å². The molecule has 1 amide bonds. The van der Waals surface area contributed by atoms with E-state index < -0.39 is 10.0 Å². The van der Waals surface area contributed by atoms with Crippen LogP contribution in [0, 0.1) is 0 Å². The highest BCUT2D eigenvalue weighted by Gasteiger charge is 2.28. The van der Waals surface area contributed by atoms with Gasteiger partial charge in [-0.1, -0.05) is 48.5 Å². The highest BCUT2D eigenvalue weighted by Crippen LogP contribution is 2.20. The average Bonchev–Trinajstić information content (AvgIpc) is 3.16. The number of aromatic nitrogens is 1. The summed E-state index contributed by atoms with van der Waals surface area (Å²) in [4.78, 5) is 17.6. The summed E-state index contributed by atoms with van der Waals surface area (Å²) in [6.45, 7) is 1.60. The van der Waals surface area contributed by atoms with Gasteiger partial charge in [-0.2, -0.15) is 4.31 Å². The molecule has 2 aromatic carbocycles. The van der Waals surface area contributed by atoms with E-state index in [4.69, 9.17) is 0 Å². The zero-order valence-electron chi connectivity index (χ0n) is 16.3. The second-order valence-electron chi connectivity index (χ2n) is 7.38. The average molecular weight is 412 g/mol. The first-order valence-corrected chi connectivity index (χ1v) is 11.5. The summed E-state index contributed by atoms with van der Waals surface area (Å²) in [6.07, 6.45) is 3.07. The summed E-state index contributed by atoms with van der Waals surface area (Å²) in [5, 5.41) is 1.15. The quantitative estimate of drug-likeness (QED) is 0.678. The number of H-pyrrole nitrogens is 1. The van der Waals surface area contributed by atoms with Crippen LogP contribution < -0.4 is 0 Å². The second-order valence-corrected chi connectivity index (χ2v) is 9.35. The van der Waals surface area contributed by atoms with Crippen molar-refractivity contribution in [2.75, 3.05) is 26.2 Å². The van der Waals surface area contributed by atoms with Crippen molar-refractivity contribution in [3.63, 3.8) is 0 Å². The molecule has 6 nitrogen and oxygen atoms in total. The number of aromatic amines is 1. The number of para-hydroxylation sites is 1. The first-order valence-electron chi connectivity index (χ1n) is 9.87. The summed E-state index contributed by atoms with van der Waals surface area (Å²) < 4.78 is 26.8. The van der Waals surface area contributed by atoms with Crippen LogP contribution in [-0.4, -0.2) is 54.7 Å². The topological polar surface area (TPSA) is 73.5 Å². The summed E-state index contributed by atoms with van der Waals surface area (Å²) in [6, 6.07) is 17.3. The molecule has 152 valence electrons. The molecule has 4 rings (SSSR count). The summed E-state index contributed by atoms with van der Waals surface area (Å²) in [5.41, 5.74) is 3.00. The highest BCUT2D eigenvalue weighted by molar-refractivity contribution is 7.88. The molecule has 0 spiro atoms. The number of benzene rings is 2. The van der Waals surface area contributed by atoms with E-state index in [9.17, 15) is 13.2 Å². The lowest BCUT2D eigenvalue weighted by Gasteiger charge is -2.34. The minimum absolute atomic E-state index is 0.00233. The van der Waals surface area contributed by atoms with Gasteiger partial charge in [-0.25, -0.2) is 8.42 Å². The first kappa shape index (κ1) is 19.7. The van der Waals surface area contributed by atoms with Gasteiger partial charge in [0.2, 0.25) is 15.9 Å². The largest absolute Gasteiger partial charge is 0.361 e. The molecule has 0 unspecified atom stereocenters. The minimum Gasteiger partial charge on any atom is -0.361 e. The molecule has 1 saturated heterocycles. The third kappa shape index (κ3) is 4.52. The Morgan fingerprint density at radius 1 is 0.931 bits per heavy atom. The molecule has 0 radical (unpaired) electrons. The number of sulfonamides is 1. The van der Waals surface area contributed by atoms with Gasteiger partial charge < -0.3 is 9.88 Å². The second kappa shape index (κ2) is 8.39. The van der Waals surface area contributed by atoms with E-state index in [1.165, 1.54) is 4.31 Å². The number of hydrogen-bond acceptors (Lipinski definition) is 3. The molecule has 0 saturated carbocycles. The lowest BCUT2D eigenvalue weighted by atomic mass is 10.1. The van der Waals surface area contributed by atoms with Crippen LogP contribution in [-0.2, 0) is 27.0 Å². The fourth-order valence-electron chi connectivity index (χ4n) is 3.83. The van der Waals surface area contributed by atoms with Crippen molar-refractivity contribution < 1.29 is 13.2 Å². The smallest absolute Gasteiger partial charge is 0.222 e. The van der Waals surface area contributed by atoms with E-state index in [-0.39, 0.29) is 11.7 Å². The zero-order valence-corrected chi connectivity index (χ0v) is 17.1. The minimum atomic E-state index is -3.37. The van der Waals surface area contributed by atoms with Crippen molar-refractivity contribution >= 4 is 26.8 Å². The lowest BCUT2D eigenvalue weighted by Crippen LogP contribution is -2.50. The number of nitrogens with zero attached hydrogens (tertiary/aromatic N) is 2. The fourth-order valence-corrected chi connectivity index (χ4v) is 5.35. The van der Waals surface area contributed by atoms with E-state index in [0.29, 0.717) is 39.0 Å². The molecule has 1 fully saturated rings. The number of fused-ring (bicyclic) bond motifs is 1. The van der Waals surface area contributed by atoms with Gasteiger partial charge in [0.15, 0.2) is 0 Å². The SMILES string of the molecule is O=C(CCc1c[nH]c2ccccc12)N1CCN(S(=O)(=O)Cc2ccccc2)CC1.